The van der Waals surface area contributed by atoms with E-state index in [2.05, 4.69) is 20.4 Å². The average Bonchev–Trinajstić information content (AvgIpc) is 3.44. The highest BCUT2D eigenvalue weighted by Crippen LogP contribution is 2.35. The van der Waals surface area contributed by atoms with Crippen LogP contribution in [0.2, 0.25) is 0 Å². The molecular formula is C23H23N7O3. The topological polar surface area (TPSA) is 127 Å². The highest BCUT2D eigenvalue weighted by atomic mass is 16.4. The standard InChI is InChI=1S/C23H23N7O3/c1-14-3-8-18(25-11-14)20-19(13-30(28-20)16-6-4-15(5-7-16)23(32)33)27-22(31)17-12-26-29-10-2-9-24-21(17)29/h2-3,8-13,15-16H,4-7H2,1H3,(H,27,31)(H,32,33)/t15-,16-. The Balaban J connectivity index is 1.46. The molecule has 1 aliphatic carbocycles. The molecule has 33 heavy (non-hydrogen) atoms. The van der Waals surface area contributed by atoms with Gasteiger partial charge in [-0.25, -0.2) is 9.50 Å². The molecule has 4 aromatic heterocycles. The fourth-order valence-electron chi connectivity index (χ4n) is 4.23. The molecule has 1 saturated carbocycles. The Kier molecular flexibility index (Phi) is 5.33. The van der Waals surface area contributed by atoms with Gasteiger partial charge in [-0.15, -0.1) is 0 Å². The summed E-state index contributed by atoms with van der Waals surface area (Å²) in [6.45, 7) is 1.96. The van der Waals surface area contributed by atoms with E-state index in [1.54, 1.807) is 35.4 Å². The first kappa shape index (κ1) is 20.8. The van der Waals surface area contributed by atoms with Crippen molar-refractivity contribution in [1.29, 1.82) is 0 Å². The van der Waals surface area contributed by atoms with Crippen molar-refractivity contribution < 1.29 is 14.7 Å². The molecule has 10 heteroatoms. The van der Waals surface area contributed by atoms with Crippen LogP contribution in [0.1, 0.15) is 47.6 Å². The molecule has 1 aliphatic rings. The molecule has 0 aliphatic heterocycles. The van der Waals surface area contributed by atoms with E-state index in [9.17, 15) is 14.7 Å². The van der Waals surface area contributed by atoms with E-state index in [0.29, 0.717) is 54.0 Å². The van der Waals surface area contributed by atoms with Crippen LogP contribution in [-0.2, 0) is 4.79 Å². The zero-order chi connectivity index (χ0) is 22.9. The molecule has 1 amide bonds. The van der Waals surface area contributed by atoms with Crippen LogP contribution in [-0.4, -0.2) is 46.3 Å². The molecular weight excluding hydrogens is 422 g/mol. The Hall–Kier alpha value is -4.08. The number of rotatable bonds is 5. The molecule has 0 saturated heterocycles. The summed E-state index contributed by atoms with van der Waals surface area (Å²) in [7, 11) is 0. The number of hydrogen-bond donors (Lipinski definition) is 2. The first-order chi connectivity index (χ1) is 16.0. The molecule has 1 fully saturated rings. The Morgan fingerprint density at radius 2 is 1.94 bits per heavy atom. The van der Waals surface area contributed by atoms with Crippen LogP contribution in [0.25, 0.3) is 17.0 Å². The van der Waals surface area contributed by atoms with Gasteiger partial charge in [-0.2, -0.15) is 10.2 Å². The monoisotopic (exact) mass is 445 g/mol. The summed E-state index contributed by atoms with van der Waals surface area (Å²) in [5.41, 5.74) is 3.58. The van der Waals surface area contributed by atoms with Crippen LogP contribution in [0.3, 0.4) is 0 Å². The predicted octanol–water partition coefficient (Wildman–Crippen LogP) is 3.36. The Morgan fingerprint density at radius 1 is 1.12 bits per heavy atom. The molecule has 0 bridgehead atoms. The lowest BCUT2D eigenvalue weighted by atomic mass is 9.86. The van der Waals surface area contributed by atoms with Gasteiger partial charge in [0, 0.05) is 24.8 Å². The number of amides is 1. The summed E-state index contributed by atoms with van der Waals surface area (Å²) in [5.74, 6) is -1.39. The Bertz CT molecular complexity index is 1320. The second-order valence-corrected chi connectivity index (χ2v) is 8.34. The van der Waals surface area contributed by atoms with Crippen LogP contribution < -0.4 is 5.32 Å². The third-order valence-electron chi connectivity index (χ3n) is 6.08. The zero-order valence-electron chi connectivity index (χ0n) is 18.0. The number of carboxylic acids is 1. The normalized spacial score (nSPS) is 18.3. The fraction of sp³-hybridized carbons (Fsp3) is 0.304. The van der Waals surface area contributed by atoms with E-state index in [4.69, 9.17) is 5.10 Å². The van der Waals surface area contributed by atoms with Gasteiger partial charge in [0.05, 0.1) is 29.5 Å². The molecule has 10 nitrogen and oxygen atoms in total. The van der Waals surface area contributed by atoms with E-state index in [1.807, 2.05) is 23.7 Å². The number of carbonyl (C=O) groups is 2. The van der Waals surface area contributed by atoms with Crippen LogP contribution in [0.5, 0.6) is 0 Å². The molecule has 5 rings (SSSR count). The SMILES string of the molecule is Cc1ccc(-c2nn([C@H]3CC[C@H](C(=O)O)CC3)cc2NC(=O)c2cnn3cccnc23)nc1. The first-order valence-corrected chi connectivity index (χ1v) is 10.8. The van der Waals surface area contributed by atoms with Crippen molar-refractivity contribution in [1.82, 2.24) is 29.4 Å². The number of anilines is 1. The van der Waals surface area contributed by atoms with Gasteiger partial charge in [0.2, 0.25) is 0 Å². The van der Waals surface area contributed by atoms with Gasteiger partial charge in [-0.05, 0) is 50.3 Å². The quantitative estimate of drug-likeness (QED) is 0.482. The summed E-state index contributed by atoms with van der Waals surface area (Å²) in [6.07, 6.45) is 11.0. The Morgan fingerprint density at radius 3 is 2.67 bits per heavy atom. The number of aryl methyl sites for hydroxylation is 1. The van der Waals surface area contributed by atoms with Crippen LogP contribution in [0.15, 0.2) is 49.2 Å². The highest BCUT2D eigenvalue weighted by molar-refractivity contribution is 6.09. The average molecular weight is 445 g/mol. The van der Waals surface area contributed by atoms with Gasteiger partial charge in [0.25, 0.3) is 5.91 Å². The minimum absolute atomic E-state index is 0.0640. The van der Waals surface area contributed by atoms with Gasteiger partial charge in [0.15, 0.2) is 5.65 Å². The molecule has 0 aromatic carbocycles. The second kappa shape index (κ2) is 8.45. The molecule has 0 atom stereocenters. The molecule has 0 spiro atoms. The van der Waals surface area contributed by atoms with Gasteiger partial charge in [0.1, 0.15) is 11.3 Å². The lowest BCUT2D eigenvalue weighted by Crippen LogP contribution is -2.23. The molecule has 168 valence electrons. The van der Waals surface area contributed by atoms with E-state index in [1.165, 1.54) is 6.20 Å². The van der Waals surface area contributed by atoms with E-state index < -0.39 is 5.97 Å². The van der Waals surface area contributed by atoms with Crippen molar-refractivity contribution in [3.63, 3.8) is 0 Å². The largest absolute Gasteiger partial charge is 0.481 e. The minimum Gasteiger partial charge on any atom is -0.481 e. The van der Waals surface area contributed by atoms with Crippen LogP contribution in [0, 0.1) is 12.8 Å². The Labute approximate surface area is 189 Å². The molecule has 0 radical (unpaired) electrons. The summed E-state index contributed by atoms with van der Waals surface area (Å²) < 4.78 is 3.38. The van der Waals surface area contributed by atoms with Crippen molar-refractivity contribution in [2.75, 3.05) is 5.32 Å². The van der Waals surface area contributed by atoms with Crippen molar-refractivity contribution in [3.8, 4) is 11.4 Å². The summed E-state index contributed by atoms with van der Waals surface area (Å²) in [5, 5.41) is 21.2. The number of nitrogens with zero attached hydrogens (tertiary/aromatic N) is 6. The van der Waals surface area contributed by atoms with Crippen LogP contribution in [0.4, 0.5) is 5.69 Å². The van der Waals surface area contributed by atoms with Gasteiger partial charge < -0.3 is 10.4 Å². The third kappa shape index (κ3) is 4.07. The predicted molar refractivity (Wildman–Crippen MR) is 120 cm³/mol. The van der Waals surface area contributed by atoms with Gasteiger partial charge >= 0.3 is 5.97 Å². The maximum atomic E-state index is 13.1. The molecule has 4 heterocycles. The third-order valence-corrected chi connectivity index (χ3v) is 6.08. The molecule has 0 unspecified atom stereocenters. The number of aromatic nitrogens is 6. The number of nitrogens with one attached hydrogen (secondary N) is 1. The second-order valence-electron chi connectivity index (χ2n) is 8.34. The zero-order valence-corrected chi connectivity index (χ0v) is 18.0. The first-order valence-electron chi connectivity index (χ1n) is 10.8. The van der Waals surface area contributed by atoms with Crippen LogP contribution >= 0.6 is 0 Å². The lowest BCUT2D eigenvalue weighted by Gasteiger charge is -2.26. The number of carboxylic acid groups (broad SMARTS) is 1. The number of hydrogen-bond acceptors (Lipinski definition) is 6. The summed E-state index contributed by atoms with van der Waals surface area (Å²) >= 11 is 0. The molecule has 4 aromatic rings. The van der Waals surface area contributed by atoms with Crippen molar-refractivity contribution in [2.24, 2.45) is 5.92 Å². The van der Waals surface area contributed by atoms with Gasteiger partial charge in [-0.1, -0.05) is 6.07 Å². The minimum atomic E-state index is -0.742. The number of fused-ring (bicyclic) bond motifs is 1. The van der Waals surface area contributed by atoms with E-state index >= 15 is 0 Å². The van der Waals surface area contributed by atoms with Gasteiger partial charge in [-0.3, -0.25) is 19.3 Å². The number of carbonyl (C=O) groups excluding carboxylic acids is 1. The number of pyridine rings is 1. The summed E-state index contributed by atoms with van der Waals surface area (Å²) in [4.78, 5) is 33.2. The van der Waals surface area contributed by atoms with Crippen molar-refractivity contribution in [2.45, 2.75) is 38.6 Å². The van der Waals surface area contributed by atoms with E-state index in [0.717, 1.165) is 5.56 Å². The number of aliphatic carboxylic acids is 1. The van der Waals surface area contributed by atoms with Crippen molar-refractivity contribution >= 4 is 23.2 Å². The maximum Gasteiger partial charge on any atom is 0.306 e. The lowest BCUT2D eigenvalue weighted by molar-refractivity contribution is -0.143. The highest BCUT2D eigenvalue weighted by Gasteiger charge is 2.28. The smallest absolute Gasteiger partial charge is 0.306 e. The van der Waals surface area contributed by atoms with Crippen molar-refractivity contribution in [3.05, 3.63) is 60.3 Å². The molecule has 2 N–H and O–H groups in total. The maximum absolute atomic E-state index is 13.1. The fourth-order valence-corrected chi connectivity index (χ4v) is 4.23. The van der Waals surface area contributed by atoms with E-state index in [-0.39, 0.29) is 17.9 Å². The summed E-state index contributed by atoms with van der Waals surface area (Å²) in [6, 6.07) is 5.62.